The Morgan fingerprint density at radius 2 is 2.39 bits per heavy atom. The number of nitrogens with one attached hydrogen (secondary N) is 1. The van der Waals surface area contributed by atoms with Crippen LogP contribution in [0.3, 0.4) is 0 Å². The smallest absolute Gasteiger partial charge is 0.329 e. The molecule has 18 heavy (non-hydrogen) atoms. The van der Waals surface area contributed by atoms with Gasteiger partial charge in [0.1, 0.15) is 6.04 Å². The number of ether oxygens (including phenoxy) is 2. The summed E-state index contributed by atoms with van der Waals surface area (Å²) in [6.07, 6.45) is 5.80. The zero-order valence-corrected chi connectivity index (χ0v) is 10.8. The Hall–Kier alpha value is -1.40. The van der Waals surface area contributed by atoms with Gasteiger partial charge in [0.2, 0.25) is 0 Å². The fraction of sp³-hybridized carbons (Fsp3) is 0.667. The standard InChI is InChI=1S/C12H19N3O3/c1-17-6-5-14-11(12(16)18-2)10-7-13-8-15(10)9-3-4-9/h7-9,11,14H,3-6H2,1-2H3. The quantitative estimate of drug-likeness (QED) is 0.571. The first-order valence-corrected chi connectivity index (χ1v) is 6.09. The van der Waals surface area contributed by atoms with E-state index in [4.69, 9.17) is 9.47 Å². The van der Waals surface area contributed by atoms with Crippen LogP contribution < -0.4 is 5.32 Å². The Balaban J connectivity index is 2.11. The Bertz CT molecular complexity index is 401. The van der Waals surface area contributed by atoms with Gasteiger partial charge in [0.15, 0.2) is 0 Å². The van der Waals surface area contributed by atoms with Crippen molar-refractivity contribution in [1.29, 1.82) is 0 Å². The van der Waals surface area contributed by atoms with Gasteiger partial charge < -0.3 is 14.0 Å². The highest BCUT2D eigenvalue weighted by Crippen LogP contribution is 2.36. The summed E-state index contributed by atoms with van der Waals surface area (Å²) in [5, 5.41) is 3.14. The number of carbonyl (C=O) groups excluding carboxylic acids is 1. The van der Waals surface area contributed by atoms with Crippen molar-refractivity contribution in [2.75, 3.05) is 27.4 Å². The fourth-order valence-corrected chi connectivity index (χ4v) is 1.93. The number of rotatable bonds is 7. The highest BCUT2D eigenvalue weighted by Gasteiger charge is 2.31. The molecule has 0 aromatic carbocycles. The molecule has 0 aliphatic heterocycles. The SMILES string of the molecule is COCCNC(C(=O)OC)c1cncn1C1CC1. The van der Waals surface area contributed by atoms with E-state index in [9.17, 15) is 4.79 Å². The molecule has 0 saturated heterocycles. The predicted octanol–water partition coefficient (Wildman–Crippen LogP) is 0.668. The Labute approximate surface area is 106 Å². The summed E-state index contributed by atoms with van der Waals surface area (Å²) in [6.45, 7) is 1.14. The van der Waals surface area contributed by atoms with Crippen LogP contribution in [0.2, 0.25) is 0 Å². The topological polar surface area (TPSA) is 65.4 Å². The molecule has 6 heteroatoms. The summed E-state index contributed by atoms with van der Waals surface area (Å²) in [6, 6.07) is 0.00660. The third-order valence-electron chi connectivity index (χ3n) is 3.02. The zero-order chi connectivity index (χ0) is 13.0. The molecule has 0 radical (unpaired) electrons. The van der Waals surface area contributed by atoms with E-state index in [1.807, 2.05) is 0 Å². The molecule has 0 bridgehead atoms. The molecule has 1 N–H and O–H groups in total. The Morgan fingerprint density at radius 1 is 1.61 bits per heavy atom. The van der Waals surface area contributed by atoms with Crippen molar-refractivity contribution in [1.82, 2.24) is 14.9 Å². The highest BCUT2D eigenvalue weighted by atomic mass is 16.5. The summed E-state index contributed by atoms with van der Waals surface area (Å²) < 4.78 is 11.9. The summed E-state index contributed by atoms with van der Waals surface area (Å²) in [5.41, 5.74) is 0.862. The first-order valence-electron chi connectivity index (χ1n) is 6.09. The molecular weight excluding hydrogens is 234 g/mol. The lowest BCUT2D eigenvalue weighted by molar-refractivity contribution is -0.143. The van der Waals surface area contributed by atoms with Crippen molar-refractivity contribution >= 4 is 5.97 Å². The zero-order valence-electron chi connectivity index (χ0n) is 10.8. The lowest BCUT2D eigenvalue weighted by atomic mass is 10.2. The van der Waals surface area contributed by atoms with Gasteiger partial charge in [-0.3, -0.25) is 5.32 Å². The maximum atomic E-state index is 11.8. The van der Waals surface area contributed by atoms with E-state index in [0.29, 0.717) is 19.2 Å². The lowest BCUT2D eigenvalue weighted by Crippen LogP contribution is -2.33. The molecule has 1 aromatic rings. The molecule has 1 aromatic heterocycles. The summed E-state index contributed by atoms with van der Waals surface area (Å²) >= 11 is 0. The van der Waals surface area contributed by atoms with Crippen LogP contribution in [0.5, 0.6) is 0 Å². The van der Waals surface area contributed by atoms with Gasteiger partial charge in [0, 0.05) is 19.7 Å². The minimum Gasteiger partial charge on any atom is -0.468 e. The van der Waals surface area contributed by atoms with Crippen LogP contribution in [0.4, 0.5) is 0 Å². The number of imidazole rings is 1. The van der Waals surface area contributed by atoms with Crippen LogP contribution in [0.25, 0.3) is 0 Å². The maximum Gasteiger partial charge on any atom is 0.329 e. The normalized spacial score (nSPS) is 16.6. The largest absolute Gasteiger partial charge is 0.468 e. The number of hydrogen-bond acceptors (Lipinski definition) is 5. The van der Waals surface area contributed by atoms with Crippen LogP contribution in [0.15, 0.2) is 12.5 Å². The summed E-state index contributed by atoms with van der Waals surface area (Å²) in [5.74, 6) is -0.298. The number of esters is 1. The number of nitrogens with zero attached hydrogens (tertiary/aromatic N) is 2. The average molecular weight is 253 g/mol. The Morgan fingerprint density at radius 3 is 3.00 bits per heavy atom. The van der Waals surface area contributed by atoms with Crippen LogP contribution in [0.1, 0.15) is 30.6 Å². The van der Waals surface area contributed by atoms with E-state index in [-0.39, 0.29) is 5.97 Å². The lowest BCUT2D eigenvalue weighted by Gasteiger charge is -2.18. The highest BCUT2D eigenvalue weighted by molar-refractivity contribution is 5.76. The molecule has 100 valence electrons. The second-order valence-electron chi connectivity index (χ2n) is 4.36. The van der Waals surface area contributed by atoms with E-state index in [1.54, 1.807) is 19.6 Å². The van der Waals surface area contributed by atoms with Crippen LogP contribution in [-0.2, 0) is 14.3 Å². The first-order chi connectivity index (χ1) is 8.77. The van der Waals surface area contributed by atoms with E-state index >= 15 is 0 Å². The van der Waals surface area contributed by atoms with Gasteiger partial charge in [0.25, 0.3) is 0 Å². The number of methoxy groups -OCH3 is 2. The van der Waals surface area contributed by atoms with Crippen molar-refractivity contribution in [2.24, 2.45) is 0 Å². The van der Waals surface area contributed by atoms with E-state index < -0.39 is 6.04 Å². The van der Waals surface area contributed by atoms with Gasteiger partial charge in [-0.25, -0.2) is 9.78 Å². The number of hydrogen-bond donors (Lipinski definition) is 1. The Kier molecular flexibility index (Phi) is 4.33. The van der Waals surface area contributed by atoms with Crippen LogP contribution in [-0.4, -0.2) is 42.9 Å². The van der Waals surface area contributed by atoms with Crippen LogP contribution >= 0.6 is 0 Å². The minimum absolute atomic E-state index is 0.298. The average Bonchev–Trinajstić information content (AvgIpc) is 3.12. The van der Waals surface area contributed by atoms with Gasteiger partial charge in [-0.2, -0.15) is 0 Å². The summed E-state index contributed by atoms with van der Waals surface area (Å²) in [7, 11) is 3.02. The minimum atomic E-state index is -0.478. The molecule has 1 fully saturated rings. The third kappa shape index (κ3) is 2.88. The van der Waals surface area contributed by atoms with Crippen molar-refractivity contribution in [2.45, 2.75) is 24.9 Å². The van der Waals surface area contributed by atoms with E-state index in [0.717, 1.165) is 18.5 Å². The van der Waals surface area contributed by atoms with Gasteiger partial charge in [-0.05, 0) is 12.8 Å². The molecule has 1 atom stereocenters. The van der Waals surface area contributed by atoms with Gasteiger partial charge in [-0.15, -0.1) is 0 Å². The third-order valence-corrected chi connectivity index (χ3v) is 3.02. The van der Waals surface area contributed by atoms with Gasteiger partial charge in [-0.1, -0.05) is 0 Å². The van der Waals surface area contributed by atoms with E-state index in [1.165, 1.54) is 7.11 Å². The van der Waals surface area contributed by atoms with E-state index in [2.05, 4.69) is 14.9 Å². The van der Waals surface area contributed by atoms with Crippen LogP contribution in [0, 0.1) is 0 Å². The fourth-order valence-electron chi connectivity index (χ4n) is 1.93. The monoisotopic (exact) mass is 253 g/mol. The van der Waals surface area contributed by atoms with Gasteiger partial charge in [0.05, 0.1) is 31.9 Å². The van der Waals surface area contributed by atoms with Crippen molar-refractivity contribution in [3.8, 4) is 0 Å². The second-order valence-corrected chi connectivity index (χ2v) is 4.36. The van der Waals surface area contributed by atoms with Gasteiger partial charge >= 0.3 is 5.97 Å². The molecule has 1 aliphatic rings. The molecule has 1 unspecified atom stereocenters. The maximum absolute atomic E-state index is 11.8. The summed E-state index contributed by atoms with van der Waals surface area (Å²) in [4.78, 5) is 16.0. The molecule has 0 amide bonds. The number of carbonyl (C=O) groups is 1. The first kappa shape index (κ1) is 13.0. The number of aromatic nitrogens is 2. The van der Waals surface area contributed by atoms with Crippen molar-refractivity contribution in [3.05, 3.63) is 18.2 Å². The molecular formula is C12H19N3O3. The van der Waals surface area contributed by atoms with Crippen molar-refractivity contribution < 1.29 is 14.3 Å². The predicted molar refractivity (Wildman–Crippen MR) is 65.1 cm³/mol. The second kappa shape index (κ2) is 5.97. The molecule has 1 aliphatic carbocycles. The molecule has 2 rings (SSSR count). The molecule has 1 saturated carbocycles. The molecule has 6 nitrogen and oxygen atoms in total. The molecule has 0 spiro atoms. The molecule has 1 heterocycles. The van der Waals surface area contributed by atoms with Crippen molar-refractivity contribution in [3.63, 3.8) is 0 Å².